The molecule has 5 aliphatic rings. The zero-order valence-corrected chi connectivity index (χ0v) is 22.8. The van der Waals surface area contributed by atoms with Gasteiger partial charge in [0.2, 0.25) is 25.4 Å². The average molecular weight is 545 g/mol. The van der Waals surface area contributed by atoms with E-state index < -0.39 is 0 Å². The highest BCUT2D eigenvalue weighted by molar-refractivity contribution is 5.88. The van der Waals surface area contributed by atoms with Crippen LogP contribution in [0.4, 0.5) is 0 Å². The van der Waals surface area contributed by atoms with Gasteiger partial charge >= 0.3 is 0 Å². The molecule has 210 valence electrons. The molecule has 4 atom stereocenters. The molecule has 40 heavy (non-hydrogen) atoms. The predicted octanol–water partition coefficient (Wildman–Crippen LogP) is 4.84. The number of amides is 2. The van der Waals surface area contributed by atoms with Crippen molar-refractivity contribution in [2.75, 3.05) is 39.8 Å². The van der Waals surface area contributed by atoms with E-state index in [4.69, 9.17) is 18.9 Å². The molecule has 0 N–H and O–H groups in total. The molecule has 0 bridgehead atoms. The fourth-order valence-electron chi connectivity index (χ4n) is 7.16. The highest BCUT2D eigenvalue weighted by atomic mass is 16.7. The molecule has 2 saturated heterocycles. The number of carbonyl (C=O) groups is 2. The number of nitrogens with zero attached hydrogens (tertiary/aromatic N) is 2. The summed E-state index contributed by atoms with van der Waals surface area (Å²) >= 11 is 0. The maximum absolute atomic E-state index is 14.3. The Hall–Kier alpha value is -3.68. The summed E-state index contributed by atoms with van der Waals surface area (Å²) in [7, 11) is 0. The van der Waals surface area contributed by atoms with E-state index in [0.29, 0.717) is 11.5 Å². The molecule has 3 fully saturated rings. The third-order valence-corrected chi connectivity index (χ3v) is 9.25. The van der Waals surface area contributed by atoms with Crippen LogP contribution in [0.15, 0.2) is 48.6 Å². The number of allylic oxidation sites excluding steroid dienone is 1. The average Bonchev–Trinajstić information content (AvgIpc) is 3.66. The number of ether oxygens (including phenoxy) is 4. The summed E-state index contributed by atoms with van der Waals surface area (Å²) in [5.41, 5.74) is 2.08. The van der Waals surface area contributed by atoms with Gasteiger partial charge in [-0.1, -0.05) is 18.2 Å². The van der Waals surface area contributed by atoms with Gasteiger partial charge in [-0.05, 0) is 85.9 Å². The van der Waals surface area contributed by atoms with Crippen LogP contribution in [-0.4, -0.2) is 61.4 Å². The number of hydrogen-bond acceptors (Lipinski definition) is 6. The highest BCUT2D eigenvalue weighted by Gasteiger charge is 2.55. The molecule has 7 rings (SSSR count). The van der Waals surface area contributed by atoms with Crippen LogP contribution in [0.5, 0.6) is 23.0 Å². The van der Waals surface area contributed by atoms with Gasteiger partial charge in [0.15, 0.2) is 23.0 Å². The van der Waals surface area contributed by atoms with Gasteiger partial charge in [0.05, 0.1) is 5.92 Å². The minimum Gasteiger partial charge on any atom is -0.454 e. The van der Waals surface area contributed by atoms with Crippen molar-refractivity contribution >= 4 is 11.8 Å². The monoisotopic (exact) mass is 544 g/mol. The first-order valence-electron chi connectivity index (χ1n) is 14.7. The topological polar surface area (TPSA) is 77.5 Å². The van der Waals surface area contributed by atoms with Crippen LogP contribution in [-0.2, 0) is 9.59 Å². The van der Waals surface area contributed by atoms with Gasteiger partial charge in [-0.3, -0.25) is 9.59 Å². The van der Waals surface area contributed by atoms with E-state index in [2.05, 4.69) is 18.2 Å². The molecule has 8 nitrogen and oxygen atoms in total. The van der Waals surface area contributed by atoms with Crippen molar-refractivity contribution in [1.29, 1.82) is 0 Å². The number of piperidine rings is 2. The summed E-state index contributed by atoms with van der Waals surface area (Å²) in [6.07, 6.45) is 10.3. The molecule has 0 aromatic heterocycles. The van der Waals surface area contributed by atoms with Crippen LogP contribution in [0.3, 0.4) is 0 Å². The fraction of sp³-hybridized carbons (Fsp3) is 0.500. The van der Waals surface area contributed by atoms with E-state index >= 15 is 0 Å². The molecule has 1 saturated carbocycles. The Labute approximate surface area is 234 Å². The zero-order chi connectivity index (χ0) is 27.1. The lowest BCUT2D eigenvalue weighted by atomic mass is 9.52. The summed E-state index contributed by atoms with van der Waals surface area (Å²) < 4.78 is 22.6. The first-order valence-corrected chi connectivity index (χ1v) is 14.7. The van der Waals surface area contributed by atoms with Crippen molar-refractivity contribution in [3.8, 4) is 23.0 Å². The molecule has 8 heteroatoms. The lowest BCUT2D eigenvalue weighted by molar-refractivity contribution is -0.143. The highest BCUT2D eigenvalue weighted by Crippen LogP contribution is 2.60. The van der Waals surface area contributed by atoms with Crippen LogP contribution < -0.4 is 18.9 Å². The standard InChI is InChI=1S/C32H36N2O6/c35-28(33-13-3-1-4-14-33)12-9-23-29(21-7-10-24-26(17-21)39-19-37-24)31(32(36)34-15-5-2-6-16-34)30(23)22-8-11-25-27(18-22)40-20-38-25/h7-12,17-18,23,29-31H,1-6,13-16,19-20H2/b12-9+/t23?,29-,30+,31?. The SMILES string of the molecule is O=C(/C=C/C1[C@@H](c2ccc3c(c2)OCO3)C(C(=O)N2CCCCC2)[C@H]1c1ccc2c(c1)OCO2)N1CCCCC1. The van der Waals surface area contributed by atoms with Crippen molar-refractivity contribution in [1.82, 2.24) is 9.80 Å². The number of benzene rings is 2. The summed E-state index contributed by atoms with van der Waals surface area (Å²) in [4.78, 5) is 31.4. The van der Waals surface area contributed by atoms with Crippen molar-refractivity contribution in [2.45, 2.75) is 50.4 Å². The van der Waals surface area contributed by atoms with Crippen LogP contribution in [0.2, 0.25) is 0 Å². The van der Waals surface area contributed by atoms with Crippen LogP contribution in [0.1, 0.15) is 61.5 Å². The number of likely N-dealkylation sites (tertiary alicyclic amines) is 2. The summed E-state index contributed by atoms with van der Waals surface area (Å²) in [6.45, 7) is 3.61. The lowest BCUT2D eigenvalue weighted by Crippen LogP contribution is -2.52. The van der Waals surface area contributed by atoms with Crippen molar-refractivity contribution < 1.29 is 28.5 Å². The van der Waals surface area contributed by atoms with E-state index in [1.165, 1.54) is 6.42 Å². The van der Waals surface area contributed by atoms with Gasteiger partial charge in [-0.2, -0.15) is 0 Å². The second kappa shape index (κ2) is 10.7. The zero-order valence-electron chi connectivity index (χ0n) is 22.8. The van der Waals surface area contributed by atoms with Crippen molar-refractivity contribution in [3.63, 3.8) is 0 Å². The molecule has 2 unspecified atom stereocenters. The Bertz CT molecular complexity index is 1250. The molecular formula is C32H36N2O6. The van der Waals surface area contributed by atoms with E-state index in [0.717, 1.165) is 80.9 Å². The van der Waals surface area contributed by atoms with E-state index in [1.807, 2.05) is 34.1 Å². The van der Waals surface area contributed by atoms with Crippen LogP contribution >= 0.6 is 0 Å². The quantitative estimate of drug-likeness (QED) is 0.502. The summed E-state index contributed by atoms with van der Waals surface area (Å²) in [6, 6.07) is 12.0. The van der Waals surface area contributed by atoms with Gasteiger partial charge in [-0.15, -0.1) is 0 Å². The van der Waals surface area contributed by atoms with E-state index in [9.17, 15) is 9.59 Å². The van der Waals surface area contributed by atoms with Crippen LogP contribution in [0, 0.1) is 11.8 Å². The molecule has 1 aliphatic carbocycles. The van der Waals surface area contributed by atoms with E-state index in [1.54, 1.807) is 6.08 Å². The Kier molecular flexibility index (Phi) is 6.77. The first kappa shape index (κ1) is 25.3. The smallest absolute Gasteiger partial charge is 0.246 e. The molecule has 0 spiro atoms. The van der Waals surface area contributed by atoms with Crippen molar-refractivity contribution in [2.24, 2.45) is 11.8 Å². The fourth-order valence-corrected chi connectivity index (χ4v) is 7.16. The van der Waals surface area contributed by atoms with Gasteiger partial charge in [0.1, 0.15) is 0 Å². The summed E-state index contributed by atoms with van der Waals surface area (Å²) in [5, 5.41) is 0. The number of rotatable bonds is 5. The van der Waals surface area contributed by atoms with Crippen molar-refractivity contribution in [3.05, 3.63) is 59.7 Å². The lowest BCUT2D eigenvalue weighted by Gasteiger charge is -2.52. The third-order valence-electron chi connectivity index (χ3n) is 9.25. The molecule has 2 aromatic carbocycles. The normalized spacial score (nSPS) is 27.1. The Morgan fingerprint density at radius 1 is 0.650 bits per heavy atom. The predicted molar refractivity (Wildman–Crippen MR) is 148 cm³/mol. The molecule has 2 aromatic rings. The molecular weight excluding hydrogens is 508 g/mol. The molecule has 0 radical (unpaired) electrons. The van der Waals surface area contributed by atoms with Gasteiger partial charge in [0, 0.05) is 38.0 Å². The first-order chi connectivity index (χ1) is 19.7. The molecule has 4 aliphatic heterocycles. The molecule has 4 heterocycles. The second-order valence-corrected chi connectivity index (χ2v) is 11.5. The van der Waals surface area contributed by atoms with Crippen LogP contribution in [0.25, 0.3) is 0 Å². The minimum atomic E-state index is -0.265. The second-order valence-electron chi connectivity index (χ2n) is 11.5. The Morgan fingerprint density at radius 2 is 1.15 bits per heavy atom. The minimum absolute atomic E-state index is 0.0479. The van der Waals surface area contributed by atoms with Gasteiger partial charge in [-0.25, -0.2) is 0 Å². The van der Waals surface area contributed by atoms with Gasteiger partial charge < -0.3 is 28.7 Å². The number of hydrogen-bond donors (Lipinski definition) is 0. The third kappa shape index (κ3) is 4.57. The van der Waals surface area contributed by atoms with E-state index in [-0.39, 0.29) is 49.1 Å². The number of fused-ring (bicyclic) bond motifs is 2. The number of carbonyl (C=O) groups excluding carboxylic acids is 2. The maximum Gasteiger partial charge on any atom is 0.246 e. The summed E-state index contributed by atoms with van der Waals surface area (Å²) in [5.74, 6) is 2.61. The van der Waals surface area contributed by atoms with Gasteiger partial charge in [0.25, 0.3) is 0 Å². The maximum atomic E-state index is 14.3. The Balaban J connectivity index is 1.27. The molecule has 2 amide bonds. The largest absolute Gasteiger partial charge is 0.454 e. The Morgan fingerprint density at radius 3 is 1.70 bits per heavy atom.